The van der Waals surface area contributed by atoms with E-state index in [-0.39, 0.29) is 6.04 Å². The molecule has 1 unspecified atom stereocenters. The number of anilines is 2. The van der Waals surface area contributed by atoms with Crippen LogP contribution in [0.2, 0.25) is 5.02 Å². The number of methoxy groups -OCH3 is 1. The zero-order valence-corrected chi connectivity index (χ0v) is 13.4. The third kappa shape index (κ3) is 3.49. The minimum Gasteiger partial charge on any atom is -0.465 e. The van der Waals surface area contributed by atoms with Crippen LogP contribution < -0.4 is 11.1 Å². The van der Waals surface area contributed by atoms with E-state index in [1.807, 2.05) is 11.4 Å². The van der Waals surface area contributed by atoms with Crippen LogP contribution in [0, 0.1) is 0 Å². The van der Waals surface area contributed by atoms with Crippen LogP contribution in [0.3, 0.4) is 0 Å². The maximum absolute atomic E-state index is 11.9. The molecule has 1 heterocycles. The van der Waals surface area contributed by atoms with E-state index in [1.54, 1.807) is 23.5 Å². The standard InChI is InChI=1S/C15H17ClN2O2S/c1-3-12(13-5-4-6-21-13)18-14-10(15(19)20-2)7-9(17)8-11(14)16/h4-8,12,18H,3,17H2,1-2H3. The highest BCUT2D eigenvalue weighted by Crippen LogP contribution is 2.34. The van der Waals surface area contributed by atoms with E-state index < -0.39 is 5.97 Å². The van der Waals surface area contributed by atoms with E-state index in [9.17, 15) is 4.79 Å². The van der Waals surface area contributed by atoms with Gasteiger partial charge in [-0.05, 0) is 30.0 Å². The lowest BCUT2D eigenvalue weighted by Gasteiger charge is -2.20. The highest BCUT2D eigenvalue weighted by Gasteiger charge is 2.19. The molecule has 6 heteroatoms. The molecule has 0 radical (unpaired) electrons. The number of hydrogen-bond donors (Lipinski definition) is 2. The minimum absolute atomic E-state index is 0.0783. The quantitative estimate of drug-likeness (QED) is 0.634. The lowest BCUT2D eigenvalue weighted by molar-refractivity contribution is 0.0602. The monoisotopic (exact) mass is 324 g/mol. The number of carbonyl (C=O) groups excluding carboxylic acids is 1. The summed E-state index contributed by atoms with van der Waals surface area (Å²) < 4.78 is 4.80. The molecule has 0 saturated heterocycles. The van der Waals surface area contributed by atoms with Gasteiger partial charge in [0.15, 0.2) is 0 Å². The molecule has 3 N–H and O–H groups in total. The van der Waals surface area contributed by atoms with Gasteiger partial charge in [-0.25, -0.2) is 4.79 Å². The van der Waals surface area contributed by atoms with Crippen molar-refractivity contribution in [2.45, 2.75) is 19.4 Å². The molecule has 112 valence electrons. The van der Waals surface area contributed by atoms with Gasteiger partial charge in [0, 0.05) is 10.6 Å². The number of hydrogen-bond acceptors (Lipinski definition) is 5. The van der Waals surface area contributed by atoms with Gasteiger partial charge in [0.05, 0.1) is 29.4 Å². The average molecular weight is 325 g/mol. The van der Waals surface area contributed by atoms with Crippen molar-refractivity contribution < 1.29 is 9.53 Å². The van der Waals surface area contributed by atoms with Gasteiger partial charge in [0.25, 0.3) is 0 Å². The maximum atomic E-state index is 11.9. The number of thiophene rings is 1. The van der Waals surface area contributed by atoms with Gasteiger partial charge in [-0.3, -0.25) is 0 Å². The Labute approximate surface area is 132 Å². The molecule has 0 aliphatic heterocycles. The lowest BCUT2D eigenvalue weighted by atomic mass is 10.1. The Morgan fingerprint density at radius 1 is 1.52 bits per heavy atom. The molecule has 0 amide bonds. The van der Waals surface area contributed by atoms with Crippen molar-refractivity contribution in [1.82, 2.24) is 0 Å². The number of ether oxygens (including phenoxy) is 1. The van der Waals surface area contributed by atoms with Crippen molar-refractivity contribution in [2.75, 3.05) is 18.2 Å². The predicted molar refractivity (Wildman–Crippen MR) is 88.2 cm³/mol. The van der Waals surface area contributed by atoms with Crippen LogP contribution in [0.4, 0.5) is 11.4 Å². The van der Waals surface area contributed by atoms with Gasteiger partial charge < -0.3 is 15.8 Å². The topological polar surface area (TPSA) is 64.3 Å². The second-order valence-electron chi connectivity index (χ2n) is 4.54. The molecule has 4 nitrogen and oxygen atoms in total. The molecule has 2 rings (SSSR count). The molecule has 0 saturated carbocycles. The van der Waals surface area contributed by atoms with Crippen LogP contribution in [0.1, 0.15) is 34.6 Å². The number of carbonyl (C=O) groups is 1. The van der Waals surface area contributed by atoms with Crippen molar-refractivity contribution in [3.8, 4) is 0 Å². The second kappa shape index (κ2) is 6.83. The SMILES string of the molecule is CCC(Nc1c(Cl)cc(N)cc1C(=O)OC)c1cccs1. The Kier molecular flexibility index (Phi) is 5.09. The van der Waals surface area contributed by atoms with Crippen LogP contribution in [-0.2, 0) is 4.74 Å². The van der Waals surface area contributed by atoms with Gasteiger partial charge in [-0.1, -0.05) is 24.6 Å². The number of rotatable bonds is 5. The average Bonchev–Trinajstić information content (AvgIpc) is 2.99. The second-order valence-corrected chi connectivity index (χ2v) is 5.92. The molecule has 0 aliphatic carbocycles. The van der Waals surface area contributed by atoms with Gasteiger partial charge in [0.1, 0.15) is 0 Å². The maximum Gasteiger partial charge on any atom is 0.340 e. The molecule has 1 aromatic heterocycles. The number of esters is 1. The molecule has 0 aliphatic rings. The highest BCUT2D eigenvalue weighted by atomic mass is 35.5. The first-order valence-electron chi connectivity index (χ1n) is 6.54. The Balaban J connectivity index is 2.40. The van der Waals surface area contributed by atoms with E-state index in [4.69, 9.17) is 22.1 Å². The Morgan fingerprint density at radius 2 is 2.29 bits per heavy atom. The zero-order chi connectivity index (χ0) is 15.4. The number of nitrogen functional groups attached to an aromatic ring is 1. The smallest absolute Gasteiger partial charge is 0.340 e. The Bertz CT molecular complexity index is 629. The number of nitrogens with two attached hydrogens (primary N) is 1. The lowest BCUT2D eigenvalue weighted by Crippen LogP contribution is -2.13. The third-order valence-corrected chi connectivity index (χ3v) is 4.42. The molecule has 2 aromatic rings. The molecular formula is C15H17ClN2O2S. The molecule has 1 atom stereocenters. The fraction of sp³-hybridized carbons (Fsp3) is 0.267. The van der Waals surface area contributed by atoms with E-state index in [1.165, 1.54) is 12.0 Å². The van der Waals surface area contributed by atoms with E-state index in [0.29, 0.717) is 22.0 Å². The van der Waals surface area contributed by atoms with E-state index in [2.05, 4.69) is 18.3 Å². The fourth-order valence-corrected chi connectivity index (χ4v) is 3.23. The summed E-state index contributed by atoms with van der Waals surface area (Å²) >= 11 is 7.91. The van der Waals surface area contributed by atoms with Crippen molar-refractivity contribution >= 4 is 40.3 Å². The van der Waals surface area contributed by atoms with Gasteiger partial charge in [-0.2, -0.15) is 0 Å². The molecule has 0 fully saturated rings. The zero-order valence-electron chi connectivity index (χ0n) is 11.9. The van der Waals surface area contributed by atoms with Gasteiger partial charge >= 0.3 is 5.97 Å². The first-order chi connectivity index (χ1) is 10.1. The highest BCUT2D eigenvalue weighted by molar-refractivity contribution is 7.10. The largest absolute Gasteiger partial charge is 0.465 e. The minimum atomic E-state index is -0.465. The molecule has 21 heavy (non-hydrogen) atoms. The Morgan fingerprint density at radius 3 is 2.86 bits per heavy atom. The van der Waals surface area contributed by atoms with E-state index >= 15 is 0 Å². The molecule has 0 spiro atoms. The summed E-state index contributed by atoms with van der Waals surface area (Å²) in [6.45, 7) is 2.07. The van der Waals surface area contributed by atoms with Crippen molar-refractivity contribution in [2.24, 2.45) is 0 Å². The first kappa shape index (κ1) is 15.7. The van der Waals surface area contributed by atoms with Crippen LogP contribution in [0.15, 0.2) is 29.6 Å². The van der Waals surface area contributed by atoms with Crippen molar-refractivity contribution in [1.29, 1.82) is 0 Å². The van der Waals surface area contributed by atoms with Crippen molar-refractivity contribution in [3.05, 3.63) is 45.1 Å². The fourth-order valence-electron chi connectivity index (χ4n) is 2.08. The molecular weight excluding hydrogens is 308 g/mol. The molecule has 0 bridgehead atoms. The summed E-state index contributed by atoms with van der Waals surface area (Å²) in [4.78, 5) is 13.1. The number of halogens is 1. The van der Waals surface area contributed by atoms with Crippen molar-refractivity contribution in [3.63, 3.8) is 0 Å². The first-order valence-corrected chi connectivity index (χ1v) is 7.79. The number of nitrogens with one attached hydrogen (secondary N) is 1. The van der Waals surface area contributed by atoms with Gasteiger partial charge in [-0.15, -0.1) is 11.3 Å². The summed E-state index contributed by atoms with van der Waals surface area (Å²) in [7, 11) is 1.33. The summed E-state index contributed by atoms with van der Waals surface area (Å²) in [5, 5.41) is 5.76. The number of benzene rings is 1. The summed E-state index contributed by atoms with van der Waals surface area (Å²) in [6.07, 6.45) is 0.863. The predicted octanol–water partition coefficient (Wildman–Crippen LogP) is 4.33. The Hall–Kier alpha value is -1.72. The van der Waals surface area contributed by atoms with Crippen LogP contribution >= 0.6 is 22.9 Å². The molecule has 1 aromatic carbocycles. The third-order valence-electron chi connectivity index (χ3n) is 3.13. The summed E-state index contributed by atoms with van der Waals surface area (Å²) in [6, 6.07) is 7.32. The summed E-state index contributed by atoms with van der Waals surface area (Å²) in [5.41, 5.74) is 7.09. The van der Waals surface area contributed by atoms with Crippen LogP contribution in [0.5, 0.6) is 0 Å². The van der Waals surface area contributed by atoms with Crippen LogP contribution in [-0.4, -0.2) is 13.1 Å². The summed E-state index contributed by atoms with van der Waals surface area (Å²) in [5.74, 6) is -0.465. The normalized spacial score (nSPS) is 12.0. The van der Waals surface area contributed by atoms with Crippen LogP contribution in [0.25, 0.3) is 0 Å². The van der Waals surface area contributed by atoms with Gasteiger partial charge in [0.2, 0.25) is 0 Å². The van der Waals surface area contributed by atoms with E-state index in [0.717, 1.165) is 6.42 Å².